The van der Waals surface area contributed by atoms with Crippen molar-refractivity contribution in [3.05, 3.63) is 53.6 Å². The highest BCUT2D eigenvalue weighted by Gasteiger charge is 2.31. The molecule has 1 aliphatic carbocycles. The number of benzene rings is 1. The maximum atomic E-state index is 13.4. The summed E-state index contributed by atoms with van der Waals surface area (Å²) >= 11 is 0. The summed E-state index contributed by atoms with van der Waals surface area (Å²) < 4.78 is 0. The van der Waals surface area contributed by atoms with Crippen molar-refractivity contribution >= 4 is 36.0 Å². The van der Waals surface area contributed by atoms with Gasteiger partial charge in [-0.2, -0.15) is 0 Å². The van der Waals surface area contributed by atoms with Crippen LogP contribution in [0, 0.1) is 11.8 Å². The second-order valence-electron chi connectivity index (χ2n) is 10.6. The number of hydrogen-bond donors (Lipinski definition) is 4. The minimum atomic E-state index is -0.981. The van der Waals surface area contributed by atoms with Crippen LogP contribution >= 0.6 is 0 Å². The SMILES string of the molecule is CC(C)[C@H](NC(=O)/C=C/c1ccccc1)C(=O)N[C@@H](CC1CCCCC1)C(=O)N[C@H](C=O)/C=C1\CCNC1=O. The summed E-state index contributed by atoms with van der Waals surface area (Å²) in [5, 5.41) is 11.0. The van der Waals surface area contributed by atoms with Gasteiger partial charge in [-0.15, -0.1) is 0 Å². The van der Waals surface area contributed by atoms with Crippen LogP contribution in [0.2, 0.25) is 0 Å². The molecule has 3 atom stereocenters. The molecule has 210 valence electrons. The third-order valence-electron chi connectivity index (χ3n) is 7.21. The molecule has 1 aliphatic heterocycles. The third-order valence-corrected chi connectivity index (χ3v) is 7.21. The van der Waals surface area contributed by atoms with Crippen LogP contribution in [0.15, 0.2) is 48.1 Å². The van der Waals surface area contributed by atoms with Crippen molar-refractivity contribution in [3.8, 4) is 0 Å². The van der Waals surface area contributed by atoms with Crippen LogP contribution in [0.25, 0.3) is 6.08 Å². The van der Waals surface area contributed by atoms with Crippen molar-refractivity contribution < 1.29 is 24.0 Å². The Morgan fingerprint density at radius 1 is 1.00 bits per heavy atom. The fraction of sp³-hybridized carbons (Fsp3) is 0.500. The fourth-order valence-corrected chi connectivity index (χ4v) is 5.01. The Morgan fingerprint density at radius 2 is 1.72 bits per heavy atom. The first-order valence-electron chi connectivity index (χ1n) is 13.9. The van der Waals surface area contributed by atoms with E-state index in [1.54, 1.807) is 6.08 Å². The normalized spacial score (nSPS) is 19.4. The molecule has 2 fully saturated rings. The minimum absolute atomic E-state index is 0.231. The van der Waals surface area contributed by atoms with Gasteiger partial charge in [-0.25, -0.2) is 0 Å². The molecule has 1 saturated carbocycles. The maximum Gasteiger partial charge on any atom is 0.247 e. The highest BCUT2D eigenvalue weighted by Crippen LogP contribution is 2.27. The van der Waals surface area contributed by atoms with Gasteiger partial charge in [-0.1, -0.05) is 76.3 Å². The van der Waals surface area contributed by atoms with E-state index in [4.69, 9.17) is 0 Å². The van der Waals surface area contributed by atoms with Gasteiger partial charge in [0.05, 0.1) is 0 Å². The predicted octanol–water partition coefficient (Wildman–Crippen LogP) is 2.43. The lowest BCUT2D eigenvalue weighted by Crippen LogP contribution is -2.56. The topological polar surface area (TPSA) is 133 Å². The number of nitrogens with one attached hydrogen (secondary N) is 4. The zero-order valence-electron chi connectivity index (χ0n) is 22.8. The zero-order valence-corrected chi connectivity index (χ0v) is 22.8. The molecule has 4 amide bonds. The first-order valence-corrected chi connectivity index (χ1v) is 13.9. The molecule has 2 aliphatic rings. The molecule has 0 aromatic heterocycles. The molecule has 1 aromatic rings. The fourth-order valence-electron chi connectivity index (χ4n) is 5.01. The van der Waals surface area contributed by atoms with E-state index in [1.165, 1.54) is 12.2 Å². The summed E-state index contributed by atoms with van der Waals surface area (Å²) in [6.45, 7) is 4.14. The molecule has 0 bridgehead atoms. The van der Waals surface area contributed by atoms with Crippen molar-refractivity contribution in [2.24, 2.45) is 11.8 Å². The molecule has 1 aromatic carbocycles. The van der Waals surface area contributed by atoms with Crippen molar-refractivity contribution in [2.75, 3.05) is 6.54 Å². The molecule has 9 heteroatoms. The Labute approximate surface area is 230 Å². The molecule has 0 spiro atoms. The van der Waals surface area contributed by atoms with E-state index in [-0.39, 0.29) is 17.7 Å². The second-order valence-corrected chi connectivity index (χ2v) is 10.6. The van der Waals surface area contributed by atoms with Crippen LogP contribution < -0.4 is 21.3 Å². The zero-order chi connectivity index (χ0) is 28.2. The van der Waals surface area contributed by atoms with Gasteiger partial charge in [0.2, 0.25) is 23.6 Å². The van der Waals surface area contributed by atoms with Crippen LogP contribution in [-0.4, -0.2) is 54.6 Å². The number of aldehydes is 1. The standard InChI is InChI=1S/C30H40N4O5/c1-20(2)27(34-26(36)14-13-21-9-5-3-6-10-21)30(39)33-25(17-22-11-7-4-8-12-22)29(38)32-24(19-35)18-23-15-16-31-28(23)37/h3,5-6,9-10,13-14,18-20,22,24-25,27H,4,7-8,11-12,15-17H2,1-2H3,(H,31,37)(H,32,38)(H,33,39)(H,34,36)/b14-13+,23-18+/t24-,25-,27-/m0/s1. The van der Waals surface area contributed by atoms with Gasteiger partial charge in [0.15, 0.2) is 0 Å². The lowest BCUT2D eigenvalue weighted by molar-refractivity contribution is -0.133. The van der Waals surface area contributed by atoms with Crippen LogP contribution in [0.4, 0.5) is 0 Å². The van der Waals surface area contributed by atoms with E-state index < -0.39 is 35.8 Å². The molecule has 9 nitrogen and oxygen atoms in total. The van der Waals surface area contributed by atoms with E-state index in [9.17, 15) is 24.0 Å². The molecular weight excluding hydrogens is 496 g/mol. The average molecular weight is 537 g/mol. The molecule has 4 N–H and O–H groups in total. The Bertz CT molecular complexity index is 1080. The molecule has 3 rings (SSSR count). The quantitative estimate of drug-likeness (QED) is 0.241. The van der Waals surface area contributed by atoms with Gasteiger partial charge < -0.3 is 26.1 Å². The molecule has 0 unspecified atom stereocenters. The predicted molar refractivity (Wildman–Crippen MR) is 149 cm³/mol. The van der Waals surface area contributed by atoms with Crippen molar-refractivity contribution in [1.82, 2.24) is 21.3 Å². The monoisotopic (exact) mass is 536 g/mol. The van der Waals surface area contributed by atoms with Gasteiger partial charge in [0.1, 0.15) is 24.4 Å². The van der Waals surface area contributed by atoms with E-state index >= 15 is 0 Å². The van der Waals surface area contributed by atoms with Gasteiger partial charge in [0.25, 0.3) is 0 Å². The number of carbonyl (C=O) groups excluding carboxylic acids is 5. The summed E-state index contributed by atoms with van der Waals surface area (Å²) in [5.74, 6) is -1.57. The Morgan fingerprint density at radius 3 is 2.33 bits per heavy atom. The van der Waals surface area contributed by atoms with Crippen molar-refractivity contribution in [3.63, 3.8) is 0 Å². The van der Waals surface area contributed by atoms with Crippen LogP contribution in [0.5, 0.6) is 0 Å². The first kappa shape index (κ1) is 29.8. The third kappa shape index (κ3) is 9.50. The summed E-state index contributed by atoms with van der Waals surface area (Å²) in [4.78, 5) is 62.9. The van der Waals surface area contributed by atoms with Crippen molar-refractivity contribution in [2.45, 2.75) is 76.9 Å². The van der Waals surface area contributed by atoms with Gasteiger partial charge >= 0.3 is 0 Å². The number of amides is 4. The number of rotatable bonds is 12. The molecule has 39 heavy (non-hydrogen) atoms. The van der Waals surface area contributed by atoms with Crippen LogP contribution in [-0.2, 0) is 24.0 Å². The second kappa shape index (κ2) is 15.0. The van der Waals surface area contributed by atoms with E-state index in [0.29, 0.717) is 31.2 Å². The van der Waals surface area contributed by atoms with E-state index in [1.807, 2.05) is 44.2 Å². The van der Waals surface area contributed by atoms with Crippen LogP contribution in [0.3, 0.4) is 0 Å². The van der Waals surface area contributed by atoms with E-state index in [0.717, 1.165) is 37.7 Å². The van der Waals surface area contributed by atoms with Crippen LogP contribution in [0.1, 0.15) is 64.4 Å². The molecule has 0 radical (unpaired) electrons. The molecular formula is C30H40N4O5. The number of carbonyl (C=O) groups is 5. The summed E-state index contributed by atoms with van der Waals surface area (Å²) in [7, 11) is 0. The molecule has 1 saturated heterocycles. The van der Waals surface area contributed by atoms with Gasteiger partial charge in [0, 0.05) is 18.2 Å². The van der Waals surface area contributed by atoms with Crippen molar-refractivity contribution in [1.29, 1.82) is 0 Å². The number of hydrogen-bond acceptors (Lipinski definition) is 5. The largest absolute Gasteiger partial charge is 0.352 e. The summed E-state index contributed by atoms with van der Waals surface area (Å²) in [6.07, 6.45) is 11.2. The summed E-state index contributed by atoms with van der Waals surface area (Å²) in [6, 6.07) is 6.64. The maximum absolute atomic E-state index is 13.4. The van der Waals surface area contributed by atoms with E-state index in [2.05, 4.69) is 21.3 Å². The highest BCUT2D eigenvalue weighted by molar-refractivity contribution is 5.98. The minimum Gasteiger partial charge on any atom is -0.352 e. The lowest BCUT2D eigenvalue weighted by atomic mass is 9.84. The lowest BCUT2D eigenvalue weighted by Gasteiger charge is -2.29. The Balaban J connectivity index is 1.70. The summed E-state index contributed by atoms with van der Waals surface area (Å²) in [5.41, 5.74) is 1.31. The smallest absolute Gasteiger partial charge is 0.247 e. The Hall–Kier alpha value is -3.75. The average Bonchev–Trinajstić information content (AvgIpc) is 3.34. The highest BCUT2D eigenvalue weighted by atomic mass is 16.2. The first-order chi connectivity index (χ1) is 18.8. The molecule has 1 heterocycles. The van der Waals surface area contributed by atoms with Gasteiger partial charge in [-0.05, 0) is 42.4 Å². The van der Waals surface area contributed by atoms with Gasteiger partial charge in [-0.3, -0.25) is 19.2 Å². The Kier molecular flexibility index (Phi) is 11.5.